The molecule has 0 aliphatic heterocycles. The Morgan fingerprint density at radius 2 is 1.88 bits per heavy atom. The normalized spacial score (nSPS) is 13.2. The van der Waals surface area contributed by atoms with Crippen LogP contribution in [0.15, 0.2) is 30.3 Å². The van der Waals surface area contributed by atoms with Gasteiger partial charge < -0.3 is 5.11 Å². The molecule has 0 spiro atoms. The lowest BCUT2D eigenvalue weighted by molar-refractivity contribution is -0.569. The Morgan fingerprint density at radius 3 is 2.31 bits per heavy atom. The Balaban J connectivity index is 2.96. The fourth-order valence-electron chi connectivity index (χ4n) is 1.18. The number of carbonyl (C=O) groups excluding carboxylic acids is 1. The van der Waals surface area contributed by atoms with Crippen molar-refractivity contribution in [2.75, 3.05) is 0 Å². The van der Waals surface area contributed by atoms with Crippen molar-refractivity contribution < 1.29 is 14.8 Å². The third-order valence-electron chi connectivity index (χ3n) is 2.45. The predicted octanol–water partition coefficient (Wildman–Crippen LogP) is 1.29. The maximum absolute atomic E-state index is 11.7. The van der Waals surface area contributed by atoms with Gasteiger partial charge in [-0.1, -0.05) is 30.3 Å². The summed E-state index contributed by atoms with van der Waals surface area (Å²) in [6.45, 7) is 2.44. The molecule has 0 radical (unpaired) electrons. The standard InChI is InChI=1S/C11H13NO4/c1-11(2,12(15)16)10(14)9(13)8-6-4-3-5-7-8/h3-7,10,14H,1-2H3. The molecule has 0 aromatic heterocycles. The zero-order valence-electron chi connectivity index (χ0n) is 9.08. The minimum atomic E-state index is -1.69. The molecule has 86 valence electrons. The summed E-state index contributed by atoms with van der Waals surface area (Å²) >= 11 is 0. The molecule has 0 fully saturated rings. The summed E-state index contributed by atoms with van der Waals surface area (Å²) < 4.78 is 0. The van der Waals surface area contributed by atoms with Crippen LogP contribution in [0.5, 0.6) is 0 Å². The van der Waals surface area contributed by atoms with Crippen molar-refractivity contribution in [3.8, 4) is 0 Å². The van der Waals surface area contributed by atoms with Crippen molar-refractivity contribution in [1.82, 2.24) is 0 Å². The topological polar surface area (TPSA) is 80.4 Å². The van der Waals surface area contributed by atoms with Gasteiger partial charge in [0.05, 0.1) is 0 Å². The van der Waals surface area contributed by atoms with E-state index in [4.69, 9.17) is 0 Å². The van der Waals surface area contributed by atoms with Gasteiger partial charge in [0.15, 0.2) is 11.9 Å². The molecule has 0 saturated carbocycles. The van der Waals surface area contributed by atoms with E-state index in [-0.39, 0.29) is 5.56 Å². The number of hydrogen-bond donors (Lipinski definition) is 1. The zero-order valence-corrected chi connectivity index (χ0v) is 9.08. The molecular weight excluding hydrogens is 210 g/mol. The van der Waals surface area contributed by atoms with E-state index >= 15 is 0 Å². The maximum Gasteiger partial charge on any atom is 0.249 e. The molecule has 5 nitrogen and oxygen atoms in total. The van der Waals surface area contributed by atoms with Gasteiger partial charge in [-0.2, -0.15) is 0 Å². The van der Waals surface area contributed by atoms with Gasteiger partial charge in [0.25, 0.3) is 0 Å². The highest BCUT2D eigenvalue weighted by Gasteiger charge is 2.44. The Hall–Kier alpha value is -1.75. The van der Waals surface area contributed by atoms with Crippen LogP contribution < -0.4 is 0 Å². The largest absolute Gasteiger partial charge is 0.378 e. The molecule has 0 amide bonds. The minimum Gasteiger partial charge on any atom is -0.378 e. The van der Waals surface area contributed by atoms with E-state index in [1.807, 2.05) is 0 Å². The van der Waals surface area contributed by atoms with E-state index in [9.17, 15) is 20.0 Å². The highest BCUT2D eigenvalue weighted by Crippen LogP contribution is 2.17. The van der Waals surface area contributed by atoms with Gasteiger partial charge >= 0.3 is 0 Å². The van der Waals surface area contributed by atoms with Crippen LogP contribution in [-0.4, -0.2) is 27.5 Å². The Morgan fingerprint density at radius 1 is 1.38 bits per heavy atom. The van der Waals surface area contributed by atoms with Crippen molar-refractivity contribution in [2.45, 2.75) is 25.5 Å². The average molecular weight is 223 g/mol. The van der Waals surface area contributed by atoms with Gasteiger partial charge in [0, 0.05) is 24.3 Å². The van der Waals surface area contributed by atoms with Crippen LogP contribution in [-0.2, 0) is 0 Å². The molecular formula is C11H13NO4. The molecule has 1 N–H and O–H groups in total. The van der Waals surface area contributed by atoms with Crippen LogP contribution in [0.3, 0.4) is 0 Å². The van der Waals surface area contributed by atoms with E-state index < -0.39 is 22.3 Å². The number of nitrogens with zero attached hydrogens (tertiary/aromatic N) is 1. The highest BCUT2D eigenvalue weighted by atomic mass is 16.6. The second-order valence-corrected chi connectivity index (χ2v) is 4.04. The zero-order chi connectivity index (χ0) is 12.3. The van der Waals surface area contributed by atoms with E-state index in [1.54, 1.807) is 18.2 Å². The Labute approximate surface area is 92.9 Å². The summed E-state index contributed by atoms with van der Waals surface area (Å²) in [5, 5.41) is 20.4. The van der Waals surface area contributed by atoms with Crippen molar-refractivity contribution >= 4 is 5.78 Å². The SMILES string of the molecule is CC(C)(C(O)C(=O)c1ccccc1)[N+](=O)[O-]. The Kier molecular flexibility index (Phi) is 3.39. The lowest BCUT2D eigenvalue weighted by Gasteiger charge is -2.20. The summed E-state index contributed by atoms with van der Waals surface area (Å²) in [6, 6.07) is 8.03. The van der Waals surface area contributed by atoms with Crippen molar-refractivity contribution in [2.24, 2.45) is 0 Å². The fraction of sp³-hybridized carbons (Fsp3) is 0.364. The van der Waals surface area contributed by atoms with Gasteiger partial charge in [0.2, 0.25) is 5.54 Å². The van der Waals surface area contributed by atoms with Crippen LogP contribution >= 0.6 is 0 Å². The smallest absolute Gasteiger partial charge is 0.249 e. The summed E-state index contributed by atoms with van der Waals surface area (Å²) in [5.41, 5.74) is -1.42. The number of Topliss-reactive ketones (excluding diaryl/α,β-unsaturated/α-hetero) is 1. The van der Waals surface area contributed by atoms with E-state index in [0.29, 0.717) is 0 Å². The quantitative estimate of drug-likeness (QED) is 0.473. The summed E-state index contributed by atoms with van der Waals surface area (Å²) in [4.78, 5) is 21.8. The summed E-state index contributed by atoms with van der Waals surface area (Å²) in [7, 11) is 0. The molecule has 0 aliphatic carbocycles. The molecule has 1 unspecified atom stereocenters. The first-order valence-corrected chi connectivity index (χ1v) is 4.79. The number of ketones is 1. The van der Waals surface area contributed by atoms with Crippen LogP contribution in [0.4, 0.5) is 0 Å². The number of carbonyl (C=O) groups is 1. The molecule has 0 aliphatic rings. The predicted molar refractivity (Wildman–Crippen MR) is 57.9 cm³/mol. The molecule has 1 aromatic carbocycles. The van der Waals surface area contributed by atoms with E-state index in [2.05, 4.69) is 0 Å². The molecule has 0 bridgehead atoms. The minimum absolute atomic E-state index is 0.268. The van der Waals surface area contributed by atoms with Crippen LogP contribution in [0.2, 0.25) is 0 Å². The van der Waals surface area contributed by atoms with Crippen LogP contribution in [0.25, 0.3) is 0 Å². The monoisotopic (exact) mass is 223 g/mol. The third-order valence-corrected chi connectivity index (χ3v) is 2.45. The lowest BCUT2D eigenvalue weighted by Crippen LogP contribution is -2.48. The van der Waals surface area contributed by atoms with Gasteiger partial charge in [-0.3, -0.25) is 14.9 Å². The summed E-state index contributed by atoms with van der Waals surface area (Å²) in [5.74, 6) is -0.637. The van der Waals surface area contributed by atoms with Crippen LogP contribution in [0.1, 0.15) is 24.2 Å². The molecule has 1 aromatic rings. The van der Waals surface area contributed by atoms with Crippen molar-refractivity contribution in [1.29, 1.82) is 0 Å². The number of aliphatic hydroxyl groups excluding tert-OH is 1. The van der Waals surface area contributed by atoms with Gasteiger partial charge in [-0.15, -0.1) is 0 Å². The maximum atomic E-state index is 11.7. The first-order valence-electron chi connectivity index (χ1n) is 4.79. The lowest BCUT2D eigenvalue weighted by atomic mass is 9.91. The molecule has 5 heteroatoms. The number of nitro groups is 1. The van der Waals surface area contributed by atoms with E-state index in [1.165, 1.54) is 26.0 Å². The molecule has 0 heterocycles. The number of benzene rings is 1. The van der Waals surface area contributed by atoms with Crippen LogP contribution in [0, 0.1) is 10.1 Å². The van der Waals surface area contributed by atoms with E-state index in [0.717, 1.165) is 0 Å². The number of rotatable bonds is 4. The van der Waals surface area contributed by atoms with Gasteiger partial charge in [0.1, 0.15) is 0 Å². The van der Waals surface area contributed by atoms with Crippen molar-refractivity contribution in [3.63, 3.8) is 0 Å². The second kappa shape index (κ2) is 4.40. The summed E-state index contributed by atoms with van der Waals surface area (Å²) in [6.07, 6.45) is -1.65. The highest BCUT2D eigenvalue weighted by molar-refractivity contribution is 5.99. The fourth-order valence-corrected chi connectivity index (χ4v) is 1.18. The molecule has 1 rings (SSSR count). The van der Waals surface area contributed by atoms with Crippen molar-refractivity contribution in [3.05, 3.63) is 46.0 Å². The molecule has 0 saturated heterocycles. The average Bonchev–Trinajstić information content (AvgIpc) is 2.28. The third kappa shape index (κ3) is 2.25. The first kappa shape index (κ1) is 12.3. The Bertz CT molecular complexity index is 400. The number of aliphatic hydroxyl groups is 1. The number of hydrogen-bond acceptors (Lipinski definition) is 4. The second-order valence-electron chi connectivity index (χ2n) is 4.04. The molecule has 16 heavy (non-hydrogen) atoms. The van der Waals surface area contributed by atoms with Gasteiger partial charge in [-0.25, -0.2) is 0 Å². The van der Waals surface area contributed by atoms with Gasteiger partial charge in [-0.05, 0) is 0 Å². The first-order chi connectivity index (χ1) is 7.37. The molecule has 1 atom stereocenters.